The van der Waals surface area contributed by atoms with Gasteiger partial charge in [0.1, 0.15) is 5.82 Å². The Morgan fingerprint density at radius 2 is 2.12 bits per heavy atom. The van der Waals surface area contributed by atoms with E-state index < -0.39 is 0 Å². The number of hydrogen-bond acceptors (Lipinski definition) is 4. The maximum absolute atomic E-state index is 12.1. The summed E-state index contributed by atoms with van der Waals surface area (Å²) in [6.07, 6.45) is 4.82. The molecule has 1 amide bonds. The molecule has 0 spiro atoms. The molecule has 0 saturated carbocycles. The number of aryl methyl sites for hydroxylation is 1. The minimum absolute atomic E-state index is 0.000322. The summed E-state index contributed by atoms with van der Waals surface area (Å²) in [6, 6.07) is 11.7. The molecule has 122 valence electrons. The van der Waals surface area contributed by atoms with Crippen LogP contribution in [0.5, 0.6) is 11.5 Å². The topological polar surface area (TPSA) is 64.9 Å². The maximum atomic E-state index is 12.1. The summed E-state index contributed by atoms with van der Waals surface area (Å²) < 4.78 is 12.6. The maximum Gasteiger partial charge on any atom is 0.231 e. The molecule has 1 aliphatic heterocycles. The van der Waals surface area contributed by atoms with E-state index in [1.54, 1.807) is 6.20 Å². The van der Waals surface area contributed by atoms with E-state index in [0.29, 0.717) is 19.4 Å². The highest BCUT2D eigenvalue weighted by Gasteiger charge is 2.13. The van der Waals surface area contributed by atoms with Crippen LogP contribution in [0.15, 0.2) is 48.8 Å². The van der Waals surface area contributed by atoms with Gasteiger partial charge in [-0.1, -0.05) is 12.1 Å². The first-order chi connectivity index (χ1) is 11.8. The first-order valence-electron chi connectivity index (χ1n) is 7.86. The van der Waals surface area contributed by atoms with Crippen LogP contribution in [0.1, 0.15) is 17.8 Å². The summed E-state index contributed by atoms with van der Waals surface area (Å²) in [7, 11) is 0. The zero-order chi connectivity index (χ0) is 16.4. The fraction of sp³-hybridized carbons (Fsp3) is 0.222. The first kappa shape index (κ1) is 14.6. The van der Waals surface area contributed by atoms with Crippen LogP contribution in [0.2, 0.25) is 0 Å². The molecule has 0 radical (unpaired) electrons. The summed E-state index contributed by atoms with van der Waals surface area (Å²) in [4.78, 5) is 16.4. The number of benzene rings is 1. The van der Waals surface area contributed by atoms with E-state index in [0.717, 1.165) is 28.4 Å². The number of aromatic nitrogens is 2. The number of carbonyl (C=O) groups excluding carboxylic acids is 1. The molecule has 3 aromatic rings. The van der Waals surface area contributed by atoms with E-state index in [9.17, 15) is 4.79 Å². The number of imidazole rings is 1. The van der Waals surface area contributed by atoms with Crippen molar-refractivity contribution in [3.05, 3.63) is 60.2 Å². The van der Waals surface area contributed by atoms with Crippen molar-refractivity contribution in [3.8, 4) is 11.5 Å². The SMILES string of the molecule is O=C(CCc1ccc2c(c1)OCO2)NCc1ncc2ccccn12. The highest BCUT2D eigenvalue weighted by Crippen LogP contribution is 2.32. The van der Waals surface area contributed by atoms with Crippen molar-refractivity contribution in [2.75, 3.05) is 6.79 Å². The van der Waals surface area contributed by atoms with Crippen molar-refractivity contribution < 1.29 is 14.3 Å². The monoisotopic (exact) mass is 323 g/mol. The summed E-state index contributed by atoms with van der Waals surface area (Å²) >= 11 is 0. The fourth-order valence-electron chi connectivity index (χ4n) is 2.75. The predicted octanol–water partition coefficient (Wildman–Crippen LogP) is 2.31. The number of pyridine rings is 1. The van der Waals surface area contributed by atoms with Crippen LogP contribution in [-0.4, -0.2) is 22.1 Å². The van der Waals surface area contributed by atoms with Gasteiger partial charge in [-0.25, -0.2) is 4.98 Å². The van der Waals surface area contributed by atoms with Gasteiger partial charge in [-0.05, 0) is 36.2 Å². The summed E-state index contributed by atoms with van der Waals surface area (Å²) in [5, 5.41) is 2.92. The molecular weight excluding hydrogens is 306 g/mol. The van der Waals surface area contributed by atoms with Gasteiger partial charge in [-0.15, -0.1) is 0 Å². The average Bonchev–Trinajstić information content (AvgIpc) is 3.24. The van der Waals surface area contributed by atoms with Crippen LogP contribution in [0.3, 0.4) is 0 Å². The van der Waals surface area contributed by atoms with Crippen molar-refractivity contribution >= 4 is 11.4 Å². The van der Waals surface area contributed by atoms with Gasteiger partial charge >= 0.3 is 0 Å². The zero-order valence-corrected chi connectivity index (χ0v) is 13.1. The second kappa shape index (κ2) is 6.23. The van der Waals surface area contributed by atoms with Crippen LogP contribution in [0.25, 0.3) is 5.52 Å². The smallest absolute Gasteiger partial charge is 0.231 e. The highest BCUT2D eigenvalue weighted by molar-refractivity contribution is 5.76. The van der Waals surface area contributed by atoms with Crippen LogP contribution in [0.4, 0.5) is 0 Å². The zero-order valence-electron chi connectivity index (χ0n) is 13.1. The van der Waals surface area contributed by atoms with Crippen LogP contribution in [0, 0.1) is 0 Å². The number of amides is 1. The largest absolute Gasteiger partial charge is 0.454 e. The Hall–Kier alpha value is -3.02. The fourth-order valence-corrected chi connectivity index (χ4v) is 2.75. The Morgan fingerprint density at radius 1 is 1.21 bits per heavy atom. The van der Waals surface area contributed by atoms with Crippen molar-refractivity contribution in [3.63, 3.8) is 0 Å². The number of rotatable bonds is 5. The van der Waals surface area contributed by atoms with Gasteiger partial charge in [0.25, 0.3) is 0 Å². The molecule has 0 saturated heterocycles. The van der Waals surface area contributed by atoms with Gasteiger partial charge in [0, 0.05) is 12.6 Å². The minimum Gasteiger partial charge on any atom is -0.454 e. The molecule has 0 unspecified atom stereocenters. The van der Waals surface area contributed by atoms with E-state index in [4.69, 9.17) is 9.47 Å². The highest BCUT2D eigenvalue weighted by atomic mass is 16.7. The Labute approximate surface area is 139 Å². The van der Waals surface area contributed by atoms with E-state index in [1.165, 1.54) is 0 Å². The lowest BCUT2D eigenvalue weighted by molar-refractivity contribution is -0.121. The molecule has 0 aliphatic carbocycles. The molecule has 4 rings (SSSR count). The molecule has 6 heteroatoms. The van der Waals surface area contributed by atoms with E-state index in [2.05, 4.69) is 10.3 Å². The Balaban J connectivity index is 1.32. The second-order valence-electron chi connectivity index (χ2n) is 5.63. The van der Waals surface area contributed by atoms with Gasteiger partial charge in [-0.3, -0.25) is 4.79 Å². The third-order valence-corrected chi connectivity index (χ3v) is 4.04. The molecule has 3 heterocycles. The standard InChI is InChI=1S/C18H17N3O3/c22-18(7-5-13-4-6-15-16(9-13)24-12-23-15)20-11-17-19-10-14-3-1-2-8-21(14)17/h1-4,6,8-10H,5,7,11-12H2,(H,20,22). The van der Waals surface area contributed by atoms with Gasteiger partial charge in [0.15, 0.2) is 11.5 Å². The van der Waals surface area contributed by atoms with Gasteiger partial charge < -0.3 is 19.2 Å². The molecule has 1 aliphatic rings. The number of fused-ring (bicyclic) bond motifs is 2. The van der Waals surface area contributed by atoms with Crippen LogP contribution >= 0.6 is 0 Å². The Kier molecular flexibility index (Phi) is 3.78. The van der Waals surface area contributed by atoms with Gasteiger partial charge in [-0.2, -0.15) is 0 Å². The van der Waals surface area contributed by atoms with Crippen molar-refractivity contribution in [1.29, 1.82) is 0 Å². The lowest BCUT2D eigenvalue weighted by Crippen LogP contribution is -2.24. The normalized spacial score (nSPS) is 12.5. The van der Waals surface area contributed by atoms with E-state index in [-0.39, 0.29) is 12.7 Å². The quantitative estimate of drug-likeness (QED) is 0.782. The van der Waals surface area contributed by atoms with Gasteiger partial charge in [0.05, 0.1) is 18.3 Å². The molecular formula is C18H17N3O3. The van der Waals surface area contributed by atoms with E-state index >= 15 is 0 Å². The number of hydrogen-bond donors (Lipinski definition) is 1. The number of ether oxygens (including phenoxy) is 2. The molecule has 0 atom stereocenters. The van der Waals surface area contributed by atoms with Crippen molar-refractivity contribution in [2.24, 2.45) is 0 Å². The minimum atomic E-state index is 0.000322. The molecule has 2 aromatic heterocycles. The molecule has 1 aromatic carbocycles. The lowest BCUT2D eigenvalue weighted by atomic mass is 10.1. The van der Waals surface area contributed by atoms with Crippen molar-refractivity contribution in [1.82, 2.24) is 14.7 Å². The molecule has 6 nitrogen and oxygen atoms in total. The lowest BCUT2D eigenvalue weighted by Gasteiger charge is -2.06. The number of nitrogens with one attached hydrogen (secondary N) is 1. The average molecular weight is 323 g/mol. The Bertz CT molecular complexity index is 888. The number of nitrogens with zero attached hydrogens (tertiary/aromatic N) is 2. The first-order valence-corrected chi connectivity index (χ1v) is 7.86. The third kappa shape index (κ3) is 2.90. The molecule has 0 fully saturated rings. The number of carbonyl (C=O) groups is 1. The van der Waals surface area contributed by atoms with E-state index in [1.807, 2.05) is 47.0 Å². The molecule has 1 N–H and O–H groups in total. The Morgan fingerprint density at radius 3 is 3.08 bits per heavy atom. The summed E-state index contributed by atoms with van der Waals surface area (Å²) in [5.41, 5.74) is 2.07. The summed E-state index contributed by atoms with van der Waals surface area (Å²) in [6.45, 7) is 0.676. The molecule has 24 heavy (non-hydrogen) atoms. The van der Waals surface area contributed by atoms with Gasteiger partial charge in [0.2, 0.25) is 12.7 Å². The second-order valence-corrected chi connectivity index (χ2v) is 5.63. The molecule has 0 bridgehead atoms. The van der Waals surface area contributed by atoms with Crippen LogP contribution in [-0.2, 0) is 17.8 Å². The van der Waals surface area contributed by atoms with Crippen LogP contribution < -0.4 is 14.8 Å². The third-order valence-electron chi connectivity index (χ3n) is 4.04. The summed E-state index contributed by atoms with van der Waals surface area (Å²) in [5.74, 6) is 2.33. The predicted molar refractivity (Wildman–Crippen MR) is 87.9 cm³/mol. The van der Waals surface area contributed by atoms with Crippen molar-refractivity contribution in [2.45, 2.75) is 19.4 Å².